The fourth-order valence-corrected chi connectivity index (χ4v) is 4.32. The highest BCUT2D eigenvalue weighted by Crippen LogP contribution is 2.31. The minimum Gasteiger partial charge on any atom is -0.267 e. The van der Waals surface area contributed by atoms with E-state index in [4.69, 9.17) is 16.6 Å². The summed E-state index contributed by atoms with van der Waals surface area (Å²) >= 11 is 7.42. The van der Waals surface area contributed by atoms with E-state index in [2.05, 4.69) is 5.10 Å². The highest BCUT2D eigenvalue weighted by molar-refractivity contribution is 7.17. The highest BCUT2D eigenvalue weighted by atomic mass is 35.5. The molecule has 0 amide bonds. The molecule has 0 unspecified atom stereocenters. The Hall–Kier alpha value is -1.98. The average Bonchev–Trinajstić information content (AvgIpc) is 3.07. The molecule has 0 atom stereocenters. The molecule has 0 bridgehead atoms. The second kappa shape index (κ2) is 7.10. The van der Waals surface area contributed by atoms with Crippen LogP contribution in [-0.2, 0) is 0 Å². The number of fused-ring (bicyclic) bond motifs is 1. The Morgan fingerprint density at radius 3 is 2.72 bits per heavy atom. The Bertz CT molecular complexity index is 986. The molecule has 0 N–H and O–H groups in total. The van der Waals surface area contributed by atoms with E-state index in [1.54, 1.807) is 6.21 Å². The van der Waals surface area contributed by atoms with Crippen LogP contribution in [0.2, 0.25) is 4.34 Å². The van der Waals surface area contributed by atoms with Crippen molar-refractivity contribution in [1.82, 2.24) is 9.66 Å². The molecule has 2 heterocycles. The van der Waals surface area contributed by atoms with E-state index in [1.807, 2.05) is 36.4 Å². The monoisotopic (exact) mass is 371 g/mol. The molecule has 0 spiro atoms. The number of hydrogen-bond acceptors (Lipinski definition) is 4. The van der Waals surface area contributed by atoms with E-state index in [0.717, 1.165) is 29.1 Å². The summed E-state index contributed by atoms with van der Waals surface area (Å²) in [6.45, 7) is 0. The molecule has 6 heteroatoms. The van der Waals surface area contributed by atoms with Crippen LogP contribution >= 0.6 is 22.9 Å². The number of halogens is 1. The predicted octanol–water partition coefficient (Wildman–Crippen LogP) is 5.04. The van der Waals surface area contributed by atoms with E-state index in [9.17, 15) is 4.79 Å². The molecule has 4 nitrogen and oxygen atoms in total. The SMILES string of the molecule is O=c1c2ccccc2nc(C2CCCCC2)n1N=Cc1ccc(Cl)s1. The van der Waals surface area contributed by atoms with Gasteiger partial charge in [-0.2, -0.15) is 9.78 Å². The van der Waals surface area contributed by atoms with E-state index < -0.39 is 0 Å². The fraction of sp³-hybridized carbons (Fsp3) is 0.316. The number of benzene rings is 1. The maximum absolute atomic E-state index is 13.0. The molecule has 1 fully saturated rings. The molecule has 1 aliphatic carbocycles. The molecule has 1 aliphatic rings. The summed E-state index contributed by atoms with van der Waals surface area (Å²) in [5.41, 5.74) is 0.642. The molecule has 0 saturated heterocycles. The van der Waals surface area contributed by atoms with Gasteiger partial charge in [-0.05, 0) is 37.1 Å². The summed E-state index contributed by atoms with van der Waals surface area (Å²) in [5, 5.41) is 5.08. The molecule has 4 rings (SSSR count). The lowest BCUT2D eigenvalue weighted by Crippen LogP contribution is -2.25. The Labute approximate surface area is 154 Å². The van der Waals surface area contributed by atoms with Gasteiger partial charge in [0.05, 0.1) is 21.5 Å². The lowest BCUT2D eigenvalue weighted by Gasteiger charge is -2.22. The zero-order valence-corrected chi connectivity index (χ0v) is 15.3. The van der Waals surface area contributed by atoms with Crippen LogP contribution in [0.3, 0.4) is 0 Å². The van der Waals surface area contributed by atoms with Crippen molar-refractivity contribution in [2.45, 2.75) is 38.0 Å². The smallest absolute Gasteiger partial charge is 0.267 e. The first kappa shape index (κ1) is 16.5. The van der Waals surface area contributed by atoms with Gasteiger partial charge in [0, 0.05) is 10.8 Å². The highest BCUT2D eigenvalue weighted by Gasteiger charge is 2.22. The summed E-state index contributed by atoms with van der Waals surface area (Å²) in [6, 6.07) is 11.2. The largest absolute Gasteiger partial charge is 0.282 e. The minimum absolute atomic E-state index is 0.106. The number of nitrogens with zero attached hydrogens (tertiary/aromatic N) is 3. The Kier molecular flexibility index (Phi) is 4.68. The lowest BCUT2D eigenvalue weighted by molar-refractivity contribution is 0.416. The first-order valence-corrected chi connectivity index (χ1v) is 9.73. The molecular weight excluding hydrogens is 354 g/mol. The van der Waals surface area contributed by atoms with Gasteiger partial charge in [0.15, 0.2) is 0 Å². The minimum atomic E-state index is -0.106. The molecule has 0 radical (unpaired) electrons. The van der Waals surface area contributed by atoms with Gasteiger partial charge in [0.25, 0.3) is 5.56 Å². The zero-order valence-electron chi connectivity index (χ0n) is 13.7. The summed E-state index contributed by atoms with van der Waals surface area (Å²) in [6.07, 6.45) is 7.43. The standard InChI is InChI=1S/C19H18ClN3OS/c20-17-11-10-14(25-17)12-21-23-18(13-6-2-1-3-7-13)22-16-9-5-4-8-15(16)19(23)24/h4-5,8-13H,1-3,6-7H2. The number of hydrogen-bond donors (Lipinski definition) is 0. The van der Waals surface area contributed by atoms with Crippen molar-refractivity contribution in [2.75, 3.05) is 0 Å². The maximum Gasteiger partial charge on any atom is 0.282 e. The Morgan fingerprint density at radius 2 is 1.96 bits per heavy atom. The van der Waals surface area contributed by atoms with Crippen LogP contribution in [0.4, 0.5) is 0 Å². The molecular formula is C19H18ClN3OS. The number of thiophene rings is 1. The van der Waals surface area contributed by atoms with E-state index in [0.29, 0.717) is 9.72 Å². The third-order valence-corrected chi connectivity index (χ3v) is 5.81. The molecule has 0 aliphatic heterocycles. The molecule has 2 aromatic heterocycles. The summed E-state index contributed by atoms with van der Waals surface area (Å²) < 4.78 is 2.20. The number of aromatic nitrogens is 2. The second-order valence-electron chi connectivity index (χ2n) is 6.33. The molecule has 25 heavy (non-hydrogen) atoms. The summed E-state index contributed by atoms with van der Waals surface area (Å²) in [7, 11) is 0. The van der Waals surface area contributed by atoms with Crippen LogP contribution in [0.25, 0.3) is 10.9 Å². The molecule has 1 aromatic carbocycles. The van der Waals surface area contributed by atoms with Crippen LogP contribution in [0.15, 0.2) is 46.3 Å². The van der Waals surface area contributed by atoms with Gasteiger partial charge in [0.2, 0.25) is 0 Å². The molecule has 128 valence electrons. The molecule has 3 aromatic rings. The van der Waals surface area contributed by atoms with Crippen molar-refractivity contribution in [3.8, 4) is 0 Å². The van der Waals surface area contributed by atoms with Crippen LogP contribution in [-0.4, -0.2) is 15.9 Å². The Balaban J connectivity index is 1.85. The van der Waals surface area contributed by atoms with E-state index in [1.165, 1.54) is 35.3 Å². The van der Waals surface area contributed by atoms with Crippen molar-refractivity contribution in [1.29, 1.82) is 0 Å². The lowest BCUT2D eigenvalue weighted by atomic mass is 9.88. The van der Waals surface area contributed by atoms with Crippen molar-refractivity contribution in [2.24, 2.45) is 5.10 Å². The number of para-hydroxylation sites is 1. The third kappa shape index (κ3) is 3.39. The normalized spacial score (nSPS) is 16.0. The quantitative estimate of drug-likeness (QED) is 0.605. The van der Waals surface area contributed by atoms with E-state index >= 15 is 0 Å². The van der Waals surface area contributed by atoms with Gasteiger partial charge in [-0.1, -0.05) is 43.0 Å². The number of rotatable bonds is 3. The summed E-state index contributed by atoms with van der Waals surface area (Å²) in [4.78, 5) is 18.7. The zero-order chi connectivity index (χ0) is 17.2. The van der Waals surface area contributed by atoms with Gasteiger partial charge in [-0.25, -0.2) is 4.98 Å². The first-order chi connectivity index (χ1) is 12.2. The van der Waals surface area contributed by atoms with Gasteiger partial charge in [0.1, 0.15) is 5.82 Å². The second-order valence-corrected chi connectivity index (χ2v) is 8.07. The van der Waals surface area contributed by atoms with Gasteiger partial charge in [-0.3, -0.25) is 4.79 Å². The Morgan fingerprint density at radius 1 is 1.16 bits per heavy atom. The fourth-order valence-electron chi connectivity index (χ4n) is 3.39. The van der Waals surface area contributed by atoms with Gasteiger partial charge < -0.3 is 0 Å². The molecule has 1 saturated carbocycles. The average molecular weight is 372 g/mol. The predicted molar refractivity (Wildman–Crippen MR) is 104 cm³/mol. The van der Waals surface area contributed by atoms with Crippen molar-refractivity contribution < 1.29 is 0 Å². The third-order valence-electron chi connectivity index (χ3n) is 4.64. The van der Waals surface area contributed by atoms with E-state index in [-0.39, 0.29) is 11.5 Å². The van der Waals surface area contributed by atoms with Crippen molar-refractivity contribution >= 4 is 40.1 Å². The topological polar surface area (TPSA) is 47.2 Å². The van der Waals surface area contributed by atoms with Crippen molar-refractivity contribution in [3.05, 3.63) is 61.8 Å². The van der Waals surface area contributed by atoms with Crippen molar-refractivity contribution in [3.63, 3.8) is 0 Å². The van der Waals surface area contributed by atoms with Crippen LogP contribution in [0.1, 0.15) is 48.7 Å². The van der Waals surface area contributed by atoms with Gasteiger partial charge in [-0.15, -0.1) is 11.3 Å². The van der Waals surface area contributed by atoms with Crippen LogP contribution in [0.5, 0.6) is 0 Å². The first-order valence-electron chi connectivity index (χ1n) is 8.54. The van der Waals surface area contributed by atoms with Gasteiger partial charge >= 0.3 is 0 Å². The summed E-state index contributed by atoms with van der Waals surface area (Å²) in [5.74, 6) is 1.07. The maximum atomic E-state index is 13.0. The van der Waals surface area contributed by atoms with Crippen LogP contribution in [0, 0.1) is 0 Å². The van der Waals surface area contributed by atoms with Crippen LogP contribution < -0.4 is 5.56 Å².